The van der Waals surface area contributed by atoms with E-state index in [2.05, 4.69) is 51.6 Å². The Labute approximate surface area is 259 Å². The summed E-state index contributed by atoms with van der Waals surface area (Å²) in [6.07, 6.45) is 8.14. The van der Waals surface area contributed by atoms with Gasteiger partial charge in [0, 0.05) is 62.9 Å². The largest absolute Gasteiger partial charge is 0.461 e. The first-order valence-corrected chi connectivity index (χ1v) is 16.3. The van der Waals surface area contributed by atoms with Gasteiger partial charge in [-0.3, -0.25) is 9.69 Å². The minimum atomic E-state index is -0.821. The molecular weight excluding hydrogens is 557 g/mol. The van der Waals surface area contributed by atoms with E-state index in [1.807, 2.05) is 0 Å². The van der Waals surface area contributed by atoms with Crippen molar-refractivity contribution >= 4 is 17.4 Å². The average Bonchev–Trinajstić information content (AvgIpc) is 3.58. The van der Waals surface area contributed by atoms with Crippen LogP contribution in [0.25, 0.3) is 0 Å². The maximum atomic E-state index is 14.5. The van der Waals surface area contributed by atoms with Gasteiger partial charge in [0.15, 0.2) is 0 Å². The predicted molar refractivity (Wildman–Crippen MR) is 167 cm³/mol. The minimum Gasteiger partial charge on any atom is -0.461 e. The second kappa shape index (κ2) is 12.0. The fourth-order valence-corrected chi connectivity index (χ4v) is 8.47. The molecule has 3 saturated heterocycles. The van der Waals surface area contributed by atoms with E-state index in [-0.39, 0.29) is 23.9 Å². The lowest BCUT2D eigenvalue weighted by Gasteiger charge is -2.43. The van der Waals surface area contributed by atoms with Gasteiger partial charge in [0.25, 0.3) is 0 Å². The Kier molecular flexibility index (Phi) is 7.91. The van der Waals surface area contributed by atoms with E-state index in [4.69, 9.17) is 14.7 Å². The third kappa shape index (κ3) is 5.29. The number of carbonyl (C=O) groups excluding carboxylic acids is 1. The van der Waals surface area contributed by atoms with Crippen molar-refractivity contribution in [2.24, 2.45) is 0 Å². The molecule has 3 unspecified atom stereocenters. The van der Waals surface area contributed by atoms with E-state index < -0.39 is 6.17 Å². The van der Waals surface area contributed by atoms with Gasteiger partial charge < -0.3 is 19.4 Å². The molecule has 1 aromatic heterocycles. The maximum absolute atomic E-state index is 14.5. The lowest BCUT2D eigenvalue weighted by atomic mass is 9.88. The number of benzene rings is 1. The van der Waals surface area contributed by atoms with E-state index in [0.717, 1.165) is 75.1 Å². The van der Waals surface area contributed by atoms with Crippen LogP contribution in [0.5, 0.6) is 6.01 Å². The van der Waals surface area contributed by atoms with Gasteiger partial charge in [0.1, 0.15) is 18.6 Å². The standard InChI is InChI=1S/C34H42FN7O2/c1-2-31(43)42-18-17-39(22-27(42)12-14-36)32-28-11-10-26(41-16-5-8-24-7-3-4-9-30(24)41)19-29(28)37-33(38-32)44-23-34-13-6-15-40(34)21-25(35)20-34/h2-4,7,9,25-27H,1,5-6,8,10-13,15-23H2/t25?,26?,27-,34?/m0/s1. The molecule has 1 aliphatic carbocycles. The Hall–Kier alpha value is -3.71. The number of aromatic nitrogens is 2. The lowest BCUT2D eigenvalue weighted by molar-refractivity contribution is -0.128. The highest BCUT2D eigenvalue weighted by Gasteiger charge is 2.49. The molecule has 4 atom stereocenters. The maximum Gasteiger partial charge on any atom is 0.318 e. The van der Waals surface area contributed by atoms with Gasteiger partial charge in [0.05, 0.1) is 29.8 Å². The predicted octanol–water partition coefficient (Wildman–Crippen LogP) is 3.86. The number of fused-ring (bicyclic) bond motifs is 3. The Morgan fingerprint density at radius 1 is 1.16 bits per heavy atom. The van der Waals surface area contributed by atoms with Crippen LogP contribution in [-0.4, -0.2) is 95.3 Å². The van der Waals surface area contributed by atoms with Crippen LogP contribution in [0.1, 0.15) is 55.3 Å². The summed E-state index contributed by atoms with van der Waals surface area (Å²) in [6.45, 7) is 8.08. The Morgan fingerprint density at radius 2 is 2.05 bits per heavy atom. The molecule has 0 saturated carbocycles. The van der Waals surface area contributed by atoms with Gasteiger partial charge in [-0.1, -0.05) is 24.8 Å². The molecule has 1 amide bonds. The topological polar surface area (TPSA) is 88.8 Å². The quantitative estimate of drug-likeness (QED) is 0.444. The number of ether oxygens (including phenoxy) is 1. The van der Waals surface area contributed by atoms with Crippen molar-refractivity contribution in [2.45, 2.75) is 81.6 Å². The molecule has 0 bridgehead atoms. The number of halogens is 1. The number of amides is 1. The molecule has 232 valence electrons. The van der Waals surface area contributed by atoms with Crippen molar-refractivity contribution in [3.8, 4) is 12.1 Å². The zero-order valence-corrected chi connectivity index (χ0v) is 25.5. The van der Waals surface area contributed by atoms with Gasteiger partial charge in [0.2, 0.25) is 5.91 Å². The molecule has 5 aliphatic rings. The minimum absolute atomic E-state index is 0.147. The van der Waals surface area contributed by atoms with Crippen molar-refractivity contribution in [1.82, 2.24) is 19.8 Å². The summed E-state index contributed by atoms with van der Waals surface area (Å²) in [6, 6.07) is 11.4. The SMILES string of the molecule is C=CC(=O)N1CCN(c2nc(OCC34CCCN3CC(F)C4)nc3c2CCC(N2CCCc4ccccc42)C3)C[C@@H]1CC#N. The second-order valence-corrected chi connectivity index (χ2v) is 13.1. The molecule has 3 fully saturated rings. The van der Waals surface area contributed by atoms with E-state index >= 15 is 0 Å². The zero-order valence-electron chi connectivity index (χ0n) is 25.5. The van der Waals surface area contributed by atoms with Gasteiger partial charge in [-0.25, -0.2) is 4.39 Å². The number of aryl methyl sites for hydroxylation is 1. The van der Waals surface area contributed by atoms with Crippen molar-refractivity contribution in [3.05, 3.63) is 53.7 Å². The first-order valence-electron chi connectivity index (χ1n) is 16.3. The van der Waals surface area contributed by atoms with Crippen LogP contribution in [0.3, 0.4) is 0 Å². The summed E-state index contributed by atoms with van der Waals surface area (Å²) in [5.74, 6) is 0.707. The Bertz CT molecular complexity index is 1460. The van der Waals surface area contributed by atoms with Crippen LogP contribution in [0.4, 0.5) is 15.9 Å². The number of carbonyl (C=O) groups is 1. The lowest BCUT2D eigenvalue weighted by Crippen LogP contribution is -2.55. The van der Waals surface area contributed by atoms with Gasteiger partial charge in [-0.2, -0.15) is 15.2 Å². The molecule has 0 radical (unpaired) electrons. The Morgan fingerprint density at radius 3 is 2.91 bits per heavy atom. The van der Waals surface area contributed by atoms with Crippen molar-refractivity contribution in [3.63, 3.8) is 0 Å². The highest BCUT2D eigenvalue weighted by Crippen LogP contribution is 2.41. The molecule has 2 aromatic rings. The van der Waals surface area contributed by atoms with E-state index in [9.17, 15) is 14.4 Å². The fraction of sp³-hybridized carbons (Fsp3) is 0.588. The zero-order chi connectivity index (χ0) is 30.3. The number of anilines is 2. The smallest absolute Gasteiger partial charge is 0.318 e. The van der Waals surface area contributed by atoms with Crippen molar-refractivity contribution in [2.75, 3.05) is 55.7 Å². The van der Waals surface area contributed by atoms with Crippen LogP contribution in [0.2, 0.25) is 0 Å². The number of hydrogen-bond acceptors (Lipinski definition) is 8. The van der Waals surface area contributed by atoms with Gasteiger partial charge in [-0.15, -0.1) is 0 Å². The monoisotopic (exact) mass is 599 g/mol. The number of piperazine rings is 1. The number of hydrogen-bond donors (Lipinski definition) is 0. The summed E-state index contributed by atoms with van der Waals surface area (Å²) in [4.78, 5) is 31.4. The third-order valence-electron chi connectivity index (χ3n) is 10.6. The molecule has 44 heavy (non-hydrogen) atoms. The second-order valence-electron chi connectivity index (χ2n) is 13.1. The molecule has 0 N–H and O–H groups in total. The highest BCUT2D eigenvalue weighted by atomic mass is 19.1. The number of para-hydroxylation sites is 1. The van der Waals surface area contributed by atoms with Crippen LogP contribution < -0.4 is 14.5 Å². The summed E-state index contributed by atoms with van der Waals surface area (Å²) in [7, 11) is 0. The average molecular weight is 600 g/mol. The molecule has 9 nitrogen and oxygen atoms in total. The van der Waals surface area contributed by atoms with Gasteiger partial charge in [-0.05, 0) is 62.8 Å². The summed E-state index contributed by atoms with van der Waals surface area (Å²) in [5, 5.41) is 9.56. The number of nitriles is 1. The molecule has 10 heteroatoms. The van der Waals surface area contributed by atoms with Crippen LogP contribution in [0, 0.1) is 11.3 Å². The third-order valence-corrected chi connectivity index (χ3v) is 10.6. The normalized spacial score (nSPS) is 28.2. The van der Waals surface area contributed by atoms with Crippen LogP contribution >= 0.6 is 0 Å². The van der Waals surface area contributed by atoms with E-state index in [0.29, 0.717) is 51.3 Å². The molecule has 0 spiro atoms. The van der Waals surface area contributed by atoms with Gasteiger partial charge >= 0.3 is 6.01 Å². The molecule has 7 rings (SSSR count). The van der Waals surface area contributed by atoms with E-state index in [1.165, 1.54) is 17.3 Å². The number of nitrogens with zero attached hydrogens (tertiary/aromatic N) is 7. The number of alkyl halides is 1. The summed E-state index contributed by atoms with van der Waals surface area (Å²) < 4.78 is 20.9. The summed E-state index contributed by atoms with van der Waals surface area (Å²) >= 11 is 0. The van der Waals surface area contributed by atoms with Crippen molar-refractivity contribution < 1.29 is 13.9 Å². The first kappa shape index (κ1) is 29.0. The Balaban J connectivity index is 1.19. The van der Waals surface area contributed by atoms with Crippen molar-refractivity contribution in [1.29, 1.82) is 5.26 Å². The fourth-order valence-electron chi connectivity index (χ4n) is 8.47. The van der Waals surface area contributed by atoms with E-state index in [1.54, 1.807) is 4.90 Å². The van der Waals surface area contributed by atoms with Crippen LogP contribution in [0.15, 0.2) is 36.9 Å². The highest BCUT2D eigenvalue weighted by molar-refractivity contribution is 5.87. The molecular formula is C34H42FN7O2. The van der Waals surface area contributed by atoms with Crippen LogP contribution in [-0.2, 0) is 24.1 Å². The molecule has 5 heterocycles. The first-order chi connectivity index (χ1) is 21.5. The molecule has 1 aromatic carbocycles. The number of rotatable bonds is 7. The summed E-state index contributed by atoms with van der Waals surface area (Å²) in [5.41, 5.74) is 4.62. The molecule has 4 aliphatic heterocycles.